The van der Waals surface area contributed by atoms with Crippen LogP contribution < -0.4 is 0 Å². The molecular formula is C13H17N3O2. The molecular weight excluding hydrogens is 230 g/mol. The molecule has 2 heterocycles. The number of rotatable bonds is 1. The van der Waals surface area contributed by atoms with Crippen molar-refractivity contribution in [3.8, 4) is 0 Å². The normalized spacial score (nSPS) is 30.9. The van der Waals surface area contributed by atoms with Crippen molar-refractivity contribution in [1.29, 1.82) is 0 Å². The van der Waals surface area contributed by atoms with Gasteiger partial charge in [-0.05, 0) is 24.0 Å². The topological polar surface area (TPSA) is 56.4 Å². The molecule has 1 saturated heterocycles. The fourth-order valence-corrected chi connectivity index (χ4v) is 3.30. The molecule has 18 heavy (non-hydrogen) atoms. The van der Waals surface area contributed by atoms with E-state index in [1.807, 2.05) is 19.2 Å². The van der Waals surface area contributed by atoms with Crippen LogP contribution in [0, 0.1) is 11.8 Å². The first-order valence-corrected chi connectivity index (χ1v) is 6.23. The number of hydrazine groups is 1. The van der Waals surface area contributed by atoms with E-state index in [1.54, 1.807) is 19.1 Å². The number of carbonyl (C=O) groups excluding carboxylic acids is 2. The third kappa shape index (κ3) is 1.31. The zero-order valence-corrected chi connectivity index (χ0v) is 10.8. The lowest BCUT2D eigenvalue weighted by molar-refractivity contribution is -0.154. The van der Waals surface area contributed by atoms with E-state index in [0.29, 0.717) is 0 Å². The summed E-state index contributed by atoms with van der Waals surface area (Å²) in [5.41, 5.74) is 2.10. The van der Waals surface area contributed by atoms with E-state index in [9.17, 15) is 9.59 Å². The van der Waals surface area contributed by atoms with Crippen molar-refractivity contribution in [2.24, 2.45) is 11.8 Å². The highest BCUT2D eigenvalue weighted by Crippen LogP contribution is 2.45. The molecule has 0 aromatic carbocycles. The Kier molecular flexibility index (Phi) is 2.35. The zero-order chi connectivity index (χ0) is 13.0. The summed E-state index contributed by atoms with van der Waals surface area (Å²) in [6.07, 6.45) is 2.69. The van der Waals surface area contributed by atoms with Crippen LogP contribution in [0.1, 0.15) is 24.1 Å². The average molecular weight is 247 g/mol. The minimum atomic E-state index is -0.301. The molecule has 0 bridgehead atoms. The Labute approximate surface area is 106 Å². The van der Waals surface area contributed by atoms with Gasteiger partial charge in [0.1, 0.15) is 0 Å². The maximum atomic E-state index is 12.4. The zero-order valence-electron chi connectivity index (χ0n) is 10.8. The molecule has 1 unspecified atom stereocenters. The van der Waals surface area contributed by atoms with E-state index >= 15 is 0 Å². The van der Waals surface area contributed by atoms with Crippen LogP contribution >= 0.6 is 0 Å². The van der Waals surface area contributed by atoms with Crippen LogP contribution in [0.2, 0.25) is 0 Å². The molecule has 2 aliphatic rings. The van der Waals surface area contributed by atoms with Crippen LogP contribution in [0.15, 0.2) is 12.3 Å². The van der Waals surface area contributed by atoms with E-state index in [4.69, 9.17) is 0 Å². The summed E-state index contributed by atoms with van der Waals surface area (Å²) in [5.74, 6) is -0.465. The summed E-state index contributed by atoms with van der Waals surface area (Å²) in [6, 6.07) is 1.93. The number of aromatic amines is 1. The van der Waals surface area contributed by atoms with Gasteiger partial charge in [0.05, 0.1) is 11.8 Å². The Bertz CT molecular complexity index is 520. The molecule has 3 rings (SSSR count). The Balaban J connectivity index is 2.10. The first-order chi connectivity index (χ1) is 8.52. The number of nitrogens with one attached hydrogen (secondary N) is 1. The lowest BCUT2D eigenvalue weighted by Gasteiger charge is -2.27. The summed E-state index contributed by atoms with van der Waals surface area (Å²) >= 11 is 0. The number of carbonyl (C=O) groups is 2. The van der Waals surface area contributed by atoms with E-state index < -0.39 is 0 Å². The largest absolute Gasteiger partial charge is 0.365 e. The second-order valence-corrected chi connectivity index (χ2v) is 5.43. The number of fused-ring (bicyclic) bond motifs is 3. The Morgan fingerprint density at radius 3 is 2.72 bits per heavy atom. The second-order valence-electron chi connectivity index (χ2n) is 5.43. The molecule has 1 aliphatic heterocycles. The van der Waals surface area contributed by atoms with Crippen LogP contribution in [-0.2, 0) is 16.0 Å². The number of nitrogens with zero attached hydrogens (tertiary/aromatic N) is 2. The van der Waals surface area contributed by atoms with Gasteiger partial charge in [-0.15, -0.1) is 0 Å². The number of aromatic nitrogens is 1. The van der Waals surface area contributed by atoms with Gasteiger partial charge in [0, 0.05) is 26.0 Å². The van der Waals surface area contributed by atoms with E-state index in [2.05, 4.69) is 4.98 Å². The third-order valence-electron chi connectivity index (χ3n) is 4.07. The van der Waals surface area contributed by atoms with Crippen molar-refractivity contribution >= 4 is 11.8 Å². The monoisotopic (exact) mass is 247 g/mol. The minimum Gasteiger partial charge on any atom is -0.365 e. The van der Waals surface area contributed by atoms with Gasteiger partial charge in [-0.25, -0.2) is 10.0 Å². The summed E-state index contributed by atoms with van der Waals surface area (Å²) in [6.45, 7) is 2.05. The van der Waals surface area contributed by atoms with Crippen LogP contribution in [-0.4, -0.2) is 40.9 Å². The van der Waals surface area contributed by atoms with Gasteiger partial charge in [0.2, 0.25) is 5.91 Å². The first kappa shape index (κ1) is 11.5. The third-order valence-corrected chi connectivity index (χ3v) is 4.07. The smallest absolute Gasteiger partial charge is 0.252 e. The average Bonchev–Trinajstić information content (AvgIpc) is 2.82. The predicted octanol–water partition coefficient (Wildman–Crippen LogP) is 0.752. The quantitative estimate of drug-likeness (QED) is 0.745. The number of H-pyrrole nitrogens is 1. The molecule has 5 heteroatoms. The van der Waals surface area contributed by atoms with Crippen molar-refractivity contribution in [1.82, 2.24) is 15.0 Å². The van der Waals surface area contributed by atoms with E-state index in [1.165, 1.54) is 5.01 Å². The Morgan fingerprint density at radius 1 is 1.33 bits per heavy atom. The standard InChI is InChI=1S/C13H17N3O2/c1-7-6-9-8(4-5-14-9)11-10(7)12(17)16(13(11)18)15(2)3/h4-5,7,10-11,14H,6H2,1-3H3/t7?,10-,11+/m0/s1. The molecule has 0 saturated carbocycles. The maximum Gasteiger partial charge on any atom is 0.252 e. The first-order valence-electron chi connectivity index (χ1n) is 6.23. The van der Waals surface area contributed by atoms with Crippen molar-refractivity contribution < 1.29 is 9.59 Å². The van der Waals surface area contributed by atoms with Gasteiger partial charge in [-0.3, -0.25) is 9.59 Å². The number of hydrogen-bond donors (Lipinski definition) is 1. The minimum absolute atomic E-state index is 0.0608. The summed E-state index contributed by atoms with van der Waals surface area (Å²) < 4.78 is 0. The SMILES string of the molecule is CC1Cc2[nH]ccc2[C@H]2C(=O)N(N(C)C)C(=O)[C@@H]12. The van der Waals surface area contributed by atoms with Crippen LogP contribution in [0.3, 0.4) is 0 Å². The van der Waals surface area contributed by atoms with Gasteiger partial charge in [0.15, 0.2) is 0 Å². The molecule has 2 amide bonds. The van der Waals surface area contributed by atoms with Crippen molar-refractivity contribution in [3.05, 3.63) is 23.5 Å². The lowest BCUT2D eigenvalue weighted by Crippen LogP contribution is -2.42. The molecule has 5 nitrogen and oxygen atoms in total. The molecule has 3 atom stereocenters. The van der Waals surface area contributed by atoms with Crippen LogP contribution in [0.4, 0.5) is 0 Å². The highest BCUT2D eigenvalue weighted by Gasteiger charge is 2.54. The number of imide groups is 1. The van der Waals surface area contributed by atoms with Crippen molar-refractivity contribution in [3.63, 3.8) is 0 Å². The highest BCUT2D eigenvalue weighted by atomic mass is 16.2. The van der Waals surface area contributed by atoms with Gasteiger partial charge >= 0.3 is 0 Å². The van der Waals surface area contributed by atoms with E-state index in [-0.39, 0.29) is 29.6 Å². The Morgan fingerprint density at radius 2 is 2.06 bits per heavy atom. The van der Waals surface area contributed by atoms with Crippen LogP contribution in [0.5, 0.6) is 0 Å². The maximum absolute atomic E-state index is 12.4. The molecule has 0 spiro atoms. The second kappa shape index (κ2) is 3.68. The van der Waals surface area contributed by atoms with Crippen molar-refractivity contribution in [2.45, 2.75) is 19.3 Å². The molecule has 1 N–H and O–H groups in total. The molecule has 1 fully saturated rings. The van der Waals surface area contributed by atoms with Gasteiger partial charge in [0.25, 0.3) is 5.91 Å². The summed E-state index contributed by atoms with van der Waals surface area (Å²) in [4.78, 5) is 28.0. The van der Waals surface area contributed by atoms with Crippen molar-refractivity contribution in [2.75, 3.05) is 14.1 Å². The van der Waals surface area contributed by atoms with Crippen LogP contribution in [0.25, 0.3) is 0 Å². The summed E-state index contributed by atoms with van der Waals surface area (Å²) in [5, 5.41) is 2.87. The lowest BCUT2D eigenvalue weighted by atomic mass is 9.73. The Hall–Kier alpha value is -1.62. The fourth-order valence-electron chi connectivity index (χ4n) is 3.30. The molecule has 1 aromatic heterocycles. The molecule has 1 aromatic rings. The van der Waals surface area contributed by atoms with Gasteiger partial charge in [-0.1, -0.05) is 6.92 Å². The number of hydrogen-bond acceptors (Lipinski definition) is 3. The molecule has 96 valence electrons. The fraction of sp³-hybridized carbons (Fsp3) is 0.538. The van der Waals surface area contributed by atoms with E-state index in [0.717, 1.165) is 17.7 Å². The number of amides is 2. The molecule has 0 radical (unpaired) electrons. The van der Waals surface area contributed by atoms with Gasteiger partial charge < -0.3 is 4.98 Å². The molecule has 1 aliphatic carbocycles. The predicted molar refractivity (Wildman–Crippen MR) is 65.4 cm³/mol. The highest BCUT2D eigenvalue weighted by molar-refractivity contribution is 6.07. The van der Waals surface area contributed by atoms with Gasteiger partial charge in [-0.2, -0.15) is 0 Å². The summed E-state index contributed by atoms with van der Waals surface area (Å²) in [7, 11) is 3.46.